The Labute approximate surface area is 284 Å². The van der Waals surface area contributed by atoms with Gasteiger partial charge in [-0.3, -0.25) is 4.79 Å². The van der Waals surface area contributed by atoms with Crippen LogP contribution >= 0.6 is 11.8 Å². The summed E-state index contributed by atoms with van der Waals surface area (Å²) >= 11 is 1.86. The van der Waals surface area contributed by atoms with Crippen LogP contribution in [0, 0.1) is 24.2 Å². The summed E-state index contributed by atoms with van der Waals surface area (Å²) in [5.74, 6) is 0.642. The van der Waals surface area contributed by atoms with Crippen LogP contribution in [0.5, 0.6) is 5.75 Å². The molecule has 0 saturated carbocycles. The molecule has 1 amide bonds. The summed E-state index contributed by atoms with van der Waals surface area (Å²) in [5.41, 5.74) is 2.11. The second-order valence-electron chi connectivity index (χ2n) is 13.7. The molecule has 3 aromatic rings. The van der Waals surface area contributed by atoms with E-state index >= 15 is 8.78 Å². The average Bonchev–Trinajstić information content (AvgIpc) is 3.07. The standard InChI is InChI=1S/C36H43F2N7O2S/c1-23-26-5-3-6-27(17-26)36(37,38)8-7-25-20-44(21-25)12-4-11-40-31(46)19-28-32-29(34(41-23)43-24(2)42-32)18-30-33(28)47-14-13-45(30)35(22-39)9-15-48-16-10-35/h3,5-6,17-18,23,25H,4,7-16,19-21H2,1-2H3,(H,40,46)(H,41,42,43)/t23-/m1/s1. The molecule has 8 bridgehead atoms. The quantitative estimate of drug-likeness (QED) is 0.323. The largest absolute Gasteiger partial charge is 0.489 e. The predicted molar refractivity (Wildman–Crippen MR) is 185 cm³/mol. The number of nitrogens with zero attached hydrogens (tertiary/aromatic N) is 5. The Morgan fingerprint density at radius 3 is 2.73 bits per heavy atom. The van der Waals surface area contributed by atoms with E-state index in [2.05, 4.69) is 26.5 Å². The van der Waals surface area contributed by atoms with Gasteiger partial charge in [-0.25, -0.2) is 18.7 Å². The predicted octanol–water partition coefficient (Wildman–Crippen LogP) is 5.97. The number of amides is 1. The number of aryl methyl sites for hydroxylation is 1. The van der Waals surface area contributed by atoms with Crippen molar-refractivity contribution in [1.29, 1.82) is 5.26 Å². The van der Waals surface area contributed by atoms with Crippen molar-refractivity contribution >= 4 is 40.1 Å². The van der Waals surface area contributed by atoms with Crippen molar-refractivity contribution in [2.75, 3.05) is 61.1 Å². The number of carbonyl (C=O) groups excluding carboxylic acids is 1. The summed E-state index contributed by atoms with van der Waals surface area (Å²) < 4.78 is 37.4. The van der Waals surface area contributed by atoms with Crippen molar-refractivity contribution in [3.63, 3.8) is 0 Å². The number of alkyl halides is 2. The Morgan fingerprint density at radius 2 is 1.94 bits per heavy atom. The van der Waals surface area contributed by atoms with Crippen LogP contribution in [-0.4, -0.2) is 77.2 Å². The molecular weight excluding hydrogens is 633 g/mol. The Balaban J connectivity index is 1.34. The van der Waals surface area contributed by atoms with E-state index < -0.39 is 11.5 Å². The van der Waals surface area contributed by atoms with Crippen LogP contribution in [0.15, 0.2) is 30.3 Å². The first kappa shape index (κ1) is 32.8. The Morgan fingerprint density at radius 1 is 1.12 bits per heavy atom. The Hall–Kier alpha value is -3.69. The second kappa shape index (κ2) is 13.3. The van der Waals surface area contributed by atoms with Crippen molar-refractivity contribution < 1.29 is 18.3 Å². The highest BCUT2D eigenvalue weighted by Gasteiger charge is 2.42. The molecule has 5 aliphatic heterocycles. The summed E-state index contributed by atoms with van der Waals surface area (Å²) in [6.45, 7) is 7.63. The molecule has 5 aliphatic rings. The zero-order valence-corrected chi connectivity index (χ0v) is 28.5. The number of nitriles is 1. The molecule has 12 heteroatoms. The number of aromatic nitrogens is 2. The van der Waals surface area contributed by atoms with Gasteiger partial charge in [-0.2, -0.15) is 17.0 Å². The van der Waals surface area contributed by atoms with Crippen LogP contribution in [-0.2, 0) is 17.1 Å². The summed E-state index contributed by atoms with van der Waals surface area (Å²) in [4.78, 5) is 27.6. The minimum atomic E-state index is -2.93. The van der Waals surface area contributed by atoms with Crippen LogP contribution in [0.2, 0.25) is 0 Å². The number of anilines is 2. The number of ether oxygens (including phenoxy) is 1. The molecule has 2 N–H and O–H groups in total. The molecule has 0 radical (unpaired) electrons. The normalized spacial score (nSPS) is 25.7. The van der Waals surface area contributed by atoms with Crippen molar-refractivity contribution in [2.24, 2.45) is 5.92 Å². The van der Waals surface area contributed by atoms with Gasteiger partial charge in [0.15, 0.2) is 0 Å². The van der Waals surface area contributed by atoms with Gasteiger partial charge in [0, 0.05) is 48.6 Å². The van der Waals surface area contributed by atoms with E-state index in [1.165, 1.54) is 6.07 Å². The van der Waals surface area contributed by atoms with Crippen molar-refractivity contribution in [3.05, 3.63) is 52.8 Å². The molecule has 0 unspecified atom stereocenters. The first-order valence-corrected chi connectivity index (χ1v) is 18.3. The van der Waals surface area contributed by atoms with E-state index in [1.54, 1.807) is 19.1 Å². The summed E-state index contributed by atoms with van der Waals surface area (Å²) in [7, 11) is 0. The van der Waals surface area contributed by atoms with Gasteiger partial charge in [0.1, 0.15) is 29.5 Å². The van der Waals surface area contributed by atoms with Crippen molar-refractivity contribution in [3.8, 4) is 11.8 Å². The van der Waals surface area contributed by atoms with Crippen LogP contribution in [0.3, 0.4) is 0 Å². The van der Waals surface area contributed by atoms with Gasteiger partial charge in [-0.05, 0) is 81.2 Å². The minimum Gasteiger partial charge on any atom is -0.489 e. The number of fused-ring (bicyclic) bond motifs is 9. The lowest BCUT2D eigenvalue weighted by Crippen LogP contribution is -2.53. The summed E-state index contributed by atoms with van der Waals surface area (Å²) in [5, 5.41) is 17.9. The lowest BCUT2D eigenvalue weighted by atomic mass is 9.89. The molecule has 254 valence electrons. The number of thioether (sulfide) groups is 1. The maximum absolute atomic E-state index is 15.5. The van der Waals surface area contributed by atoms with Crippen molar-refractivity contribution in [2.45, 2.75) is 69.9 Å². The maximum Gasteiger partial charge on any atom is 0.273 e. The van der Waals surface area contributed by atoms with Gasteiger partial charge in [-0.15, -0.1) is 0 Å². The third kappa shape index (κ3) is 6.39. The molecule has 2 saturated heterocycles. The Kier molecular flexibility index (Phi) is 9.11. The van der Waals surface area contributed by atoms with E-state index in [0.717, 1.165) is 61.7 Å². The van der Waals surface area contributed by atoms with Crippen molar-refractivity contribution in [1.82, 2.24) is 20.2 Å². The summed E-state index contributed by atoms with van der Waals surface area (Å²) in [6, 6.07) is 11.0. The molecule has 8 rings (SSSR count). The number of halogens is 2. The molecule has 6 heterocycles. The van der Waals surface area contributed by atoms with E-state index in [9.17, 15) is 10.1 Å². The highest BCUT2D eigenvalue weighted by atomic mass is 32.2. The molecule has 1 atom stereocenters. The number of rotatable bonds is 1. The molecule has 2 fully saturated rings. The van der Waals surface area contributed by atoms with E-state index in [4.69, 9.17) is 14.7 Å². The number of hydrogen-bond acceptors (Lipinski definition) is 9. The molecule has 2 aromatic carbocycles. The molecule has 1 aromatic heterocycles. The number of carbonyl (C=O) groups is 1. The smallest absolute Gasteiger partial charge is 0.273 e. The third-order valence-electron chi connectivity index (χ3n) is 10.4. The fourth-order valence-corrected chi connectivity index (χ4v) is 8.82. The SMILES string of the molecule is Cc1nc2c3cc4c(c(c3n1)CC(=O)NCCCN1CC(CCC(F)(F)c3cccc(c3)[C@@H](C)N2)C1)OCCN4C1(C#N)CCSCC1. The highest BCUT2D eigenvalue weighted by molar-refractivity contribution is 7.99. The van der Waals surface area contributed by atoms with Crippen LogP contribution < -0.4 is 20.3 Å². The first-order valence-electron chi connectivity index (χ1n) is 17.1. The number of nitrogens with one attached hydrogen (secondary N) is 2. The van der Waals surface area contributed by atoms with Crippen LogP contribution in [0.1, 0.15) is 67.6 Å². The monoisotopic (exact) mass is 675 g/mol. The van der Waals surface area contributed by atoms with Gasteiger partial charge >= 0.3 is 0 Å². The average molecular weight is 676 g/mol. The third-order valence-corrected chi connectivity index (χ3v) is 11.4. The molecule has 9 nitrogen and oxygen atoms in total. The zero-order valence-electron chi connectivity index (χ0n) is 27.7. The van der Waals surface area contributed by atoms with Gasteiger partial charge in [-0.1, -0.05) is 18.2 Å². The first-order chi connectivity index (χ1) is 23.2. The molecule has 0 aliphatic carbocycles. The highest BCUT2D eigenvalue weighted by Crippen LogP contribution is 2.47. The number of hydrogen-bond donors (Lipinski definition) is 2. The van der Waals surface area contributed by atoms with Crippen LogP contribution in [0.25, 0.3) is 10.9 Å². The van der Waals surface area contributed by atoms with Gasteiger partial charge in [0.2, 0.25) is 5.91 Å². The lowest BCUT2D eigenvalue weighted by Gasteiger charge is -2.45. The molecule has 48 heavy (non-hydrogen) atoms. The number of benzene rings is 2. The minimum absolute atomic E-state index is 0.0284. The van der Waals surface area contributed by atoms with Gasteiger partial charge < -0.3 is 25.2 Å². The van der Waals surface area contributed by atoms with Crippen LogP contribution in [0.4, 0.5) is 20.3 Å². The molecular formula is C36H43F2N7O2S. The van der Waals surface area contributed by atoms with E-state index in [-0.39, 0.29) is 36.3 Å². The van der Waals surface area contributed by atoms with Gasteiger partial charge in [0.05, 0.1) is 30.2 Å². The van der Waals surface area contributed by atoms with E-state index in [1.807, 2.05) is 30.8 Å². The maximum atomic E-state index is 15.5. The lowest BCUT2D eigenvalue weighted by molar-refractivity contribution is -0.120. The van der Waals surface area contributed by atoms with E-state index in [0.29, 0.717) is 60.0 Å². The fourth-order valence-electron chi connectivity index (χ4n) is 7.65. The topological polar surface area (TPSA) is 106 Å². The van der Waals surface area contributed by atoms with Gasteiger partial charge in [0.25, 0.3) is 5.92 Å². The zero-order chi connectivity index (χ0) is 33.5. The molecule has 0 spiro atoms. The second-order valence-corrected chi connectivity index (χ2v) is 14.9. The fraction of sp³-hybridized carbons (Fsp3) is 0.556. The summed E-state index contributed by atoms with van der Waals surface area (Å²) in [6.07, 6.45) is 2.59. The Bertz CT molecular complexity index is 1740.